The minimum absolute atomic E-state index is 0.0370. The Morgan fingerprint density at radius 2 is 1.95 bits per heavy atom. The summed E-state index contributed by atoms with van der Waals surface area (Å²) in [5, 5.41) is 0. The Labute approximate surface area is 121 Å². The molecule has 0 spiro atoms. The van der Waals surface area contributed by atoms with E-state index in [9.17, 15) is 8.42 Å². The monoisotopic (exact) mass is 293 g/mol. The van der Waals surface area contributed by atoms with Crippen LogP contribution in [0.25, 0.3) is 0 Å². The van der Waals surface area contributed by atoms with Crippen molar-refractivity contribution in [2.24, 2.45) is 17.8 Å². The van der Waals surface area contributed by atoms with Crippen molar-refractivity contribution in [2.45, 2.75) is 50.5 Å². The first-order valence-electron chi connectivity index (χ1n) is 7.55. The van der Waals surface area contributed by atoms with E-state index in [4.69, 9.17) is 0 Å². The molecule has 1 aromatic rings. The maximum absolute atomic E-state index is 12.5. The molecular weight excluding hydrogens is 270 g/mol. The fourth-order valence-corrected chi connectivity index (χ4v) is 5.70. The van der Waals surface area contributed by atoms with Crippen LogP contribution in [0.1, 0.15) is 38.2 Å². The Hall–Kier alpha value is -0.870. The summed E-state index contributed by atoms with van der Waals surface area (Å²) in [6, 6.07) is 7.22. The summed E-state index contributed by atoms with van der Waals surface area (Å²) < 4.78 is 27.9. The molecule has 1 aromatic carbocycles. The zero-order valence-electron chi connectivity index (χ0n) is 12.2. The van der Waals surface area contributed by atoms with Crippen LogP contribution in [-0.2, 0) is 10.0 Å². The van der Waals surface area contributed by atoms with Crippen molar-refractivity contribution < 1.29 is 8.42 Å². The fourth-order valence-electron chi connectivity index (χ4n) is 4.16. The van der Waals surface area contributed by atoms with Crippen LogP contribution in [0.5, 0.6) is 0 Å². The average Bonchev–Trinajstić information content (AvgIpc) is 3.00. The summed E-state index contributed by atoms with van der Waals surface area (Å²) in [6.45, 7) is 3.87. The highest BCUT2D eigenvalue weighted by molar-refractivity contribution is 7.89. The molecule has 0 radical (unpaired) electrons. The van der Waals surface area contributed by atoms with Gasteiger partial charge in [-0.3, -0.25) is 0 Å². The van der Waals surface area contributed by atoms with Gasteiger partial charge in [0.15, 0.2) is 0 Å². The zero-order chi connectivity index (χ0) is 14.3. The van der Waals surface area contributed by atoms with Crippen molar-refractivity contribution in [3.05, 3.63) is 29.8 Å². The van der Waals surface area contributed by atoms with Gasteiger partial charge in [-0.2, -0.15) is 0 Å². The maximum atomic E-state index is 12.5. The van der Waals surface area contributed by atoms with Crippen LogP contribution in [0.2, 0.25) is 0 Å². The highest BCUT2D eigenvalue weighted by Crippen LogP contribution is 2.49. The molecular formula is C16H23NO2S. The van der Waals surface area contributed by atoms with Crippen LogP contribution < -0.4 is 4.72 Å². The van der Waals surface area contributed by atoms with Gasteiger partial charge in [0.05, 0.1) is 4.90 Å². The second kappa shape index (κ2) is 5.15. The molecule has 2 aliphatic rings. The third-order valence-corrected chi connectivity index (χ3v) is 6.88. The summed E-state index contributed by atoms with van der Waals surface area (Å²) in [4.78, 5) is 0.412. The minimum atomic E-state index is -3.39. The third kappa shape index (κ3) is 2.51. The molecule has 0 aromatic heterocycles. The van der Waals surface area contributed by atoms with Gasteiger partial charge in [0, 0.05) is 6.04 Å². The summed E-state index contributed by atoms with van der Waals surface area (Å²) in [6.07, 6.45) is 5.13. The van der Waals surface area contributed by atoms with E-state index < -0.39 is 10.0 Å². The van der Waals surface area contributed by atoms with Crippen LogP contribution in [-0.4, -0.2) is 14.5 Å². The molecule has 110 valence electrons. The molecule has 3 rings (SSSR count). The van der Waals surface area contributed by atoms with Gasteiger partial charge in [0.1, 0.15) is 0 Å². The summed E-state index contributed by atoms with van der Waals surface area (Å²) in [5.41, 5.74) is 0.806. The largest absolute Gasteiger partial charge is 0.241 e. The molecule has 4 heteroatoms. The molecule has 0 aliphatic heterocycles. The Bertz CT molecular complexity index is 596. The molecule has 4 unspecified atom stereocenters. The first-order valence-corrected chi connectivity index (χ1v) is 9.03. The minimum Gasteiger partial charge on any atom is -0.208 e. The molecule has 0 amide bonds. The number of aryl methyl sites for hydroxylation is 1. The molecule has 0 heterocycles. The van der Waals surface area contributed by atoms with E-state index in [0.29, 0.717) is 10.8 Å². The topological polar surface area (TPSA) is 46.2 Å². The molecule has 4 atom stereocenters. The number of benzene rings is 1. The lowest BCUT2D eigenvalue weighted by Gasteiger charge is -2.28. The van der Waals surface area contributed by atoms with Gasteiger partial charge in [-0.15, -0.1) is 0 Å². The smallest absolute Gasteiger partial charge is 0.208 e. The Morgan fingerprint density at radius 1 is 1.20 bits per heavy atom. The van der Waals surface area contributed by atoms with Crippen LogP contribution in [0.3, 0.4) is 0 Å². The van der Waals surface area contributed by atoms with Gasteiger partial charge < -0.3 is 0 Å². The molecule has 2 bridgehead atoms. The van der Waals surface area contributed by atoms with Crippen molar-refractivity contribution in [3.63, 3.8) is 0 Å². The number of nitrogens with one attached hydrogen (secondary N) is 1. The van der Waals surface area contributed by atoms with Crippen molar-refractivity contribution in [2.75, 3.05) is 0 Å². The predicted octanol–water partition coefficient (Wildman–Crippen LogP) is 3.10. The Morgan fingerprint density at radius 3 is 2.55 bits per heavy atom. The quantitative estimate of drug-likeness (QED) is 0.927. The van der Waals surface area contributed by atoms with E-state index in [1.165, 1.54) is 25.7 Å². The van der Waals surface area contributed by atoms with Gasteiger partial charge in [-0.25, -0.2) is 13.1 Å². The van der Waals surface area contributed by atoms with Crippen molar-refractivity contribution in [3.8, 4) is 0 Å². The highest BCUT2D eigenvalue weighted by atomic mass is 32.2. The van der Waals surface area contributed by atoms with Gasteiger partial charge in [0.25, 0.3) is 0 Å². The standard InChI is InChI=1S/C16H23NO2S/c1-11-5-3-4-6-16(11)20(18,19)17-12(2)15-10-13-7-8-14(15)9-13/h3-6,12-15,17H,7-10H2,1-2H3. The van der Waals surface area contributed by atoms with Gasteiger partial charge >= 0.3 is 0 Å². The van der Waals surface area contributed by atoms with E-state index in [-0.39, 0.29) is 6.04 Å². The predicted molar refractivity (Wildman–Crippen MR) is 79.9 cm³/mol. The molecule has 3 nitrogen and oxygen atoms in total. The molecule has 2 fully saturated rings. The first-order chi connectivity index (χ1) is 9.47. The lowest BCUT2D eigenvalue weighted by molar-refractivity contribution is 0.280. The van der Waals surface area contributed by atoms with E-state index in [2.05, 4.69) is 4.72 Å². The van der Waals surface area contributed by atoms with Gasteiger partial charge in [0.2, 0.25) is 10.0 Å². The van der Waals surface area contributed by atoms with E-state index in [0.717, 1.165) is 17.4 Å². The fraction of sp³-hybridized carbons (Fsp3) is 0.625. The van der Waals surface area contributed by atoms with Crippen LogP contribution in [0.15, 0.2) is 29.2 Å². The highest BCUT2D eigenvalue weighted by Gasteiger charge is 2.42. The number of hydrogen-bond donors (Lipinski definition) is 1. The molecule has 20 heavy (non-hydrogen) atoms. The van der Waals surface area contributed by atoms with Crippen LogP contribution in [0.4, 0.5) is 0 Å². The molecule has 2 saturated carbocycles. The molecule has 1 N–H and O–H groups in total. The second-order valence-corrected chi connectivity index (χ2v) is 8.20. The maximum Gasteiger partial charge on any atom is 0.241 e. The van der Waals surface area contributed by atoms with Gasteiger partial charge in [-0.05, 0) is 62.5 Å². The lowest BCUT2D eigenvalue weighted by Crippen LogP contribution is -2.40. The Balaban J connectivity index is 1.75. The number of rotatable bonds is 4. The second-order valence-electron chi connectivity index (χ2n) is 6.51. The average molecular weight is 293 g/mol. The summed E-state index contributed by atoms with van der Waals surface area (Å²) >= 11 is 0. The zero-order valence-corrected chi connectivity index (χ0v) is 13.0. The molecule has 0 saturated heterocycles. The first kappa shape index (κ1) is 14.1. The van der Waals surface area contributed by atoms with Gasteiger partial charge in [-0.1, -0.05) is 24.6 Å². The lowest BCUT2D eigenvalue weighted by atomic mass is 9.84. The third-order valence-electron chi connectivity index (χ3n) is 5.16. The number of fused-ring (bicyclic) bond motifs is 2. The van der Waals surface area contributed by atoms with E-state index in [1.54, 1.807) is 12.1 Å². The summed E-state index contributed by atoms with van der Waals surface area (Å²) in [5.74, 6) is 2.09. The van der Waals surface area contributed by atoms with Crippen LogP contribution in [0, 0.1) is 24.7 Å². The number of sulfonamides is 1. The normalized spacial score (nSPS) is 30.6. The molecule has 2 aliphatic carbocycles. The van der Waals surface area contributed by atoms with Crippen LogP contribution >= 0.6 is 0 Å². The van der Waals surface area contributed by atoms with Crippen molar-refractivity contribution in [1.82, 2.24) is 4.72 Å². The van der Waals surface area contributed by atoms with E-state index >= 15 is 0 Å². The number of hydrogen-bond acceptors (Lipinski definition) is 2. The summed E-state index contributed by atoms with van der Waals surface area (Å²) in [7, 11) is -3.39. The van der Waals surface area contributed by atoms with Crippen molar-refractivity contribution in [1.29, 1.82) is 0 Å². The Kier molecular flexibility index (Phi) is 3.63. The van der Waals surface area contributed by atoms with E-state index in [1.807, 2.05) is 26.0 Å². The van der Waals surface area contributed by atoms with Crippen molar-refractivity contribution >= 4 is 10.0 Å². The SMILES string of the molecule is Cc1ccccc1S(=O)(=O)NC(C)C1CC2CCC1C2.